The maximum Gasteiger partial charge on any atom is 0.115 e. The summed E-state index contributed by atoms with van der Waals surface area (Å²) in [7, 11) is 0. The van der Waals surface area contributed by atoms with Gasteiger partial charge < -0.3 is 5.11 Å². The molecule has 0 saturated heterocycles. The summed E-state index contributed by atoms with van der Waals surface area (Å²) in [4.78, 5) is 0. The summed E-state index contributed by atoms with van der Waals surface area (Å²) in [5, 5.41) is 9.03. The summed E-state index contributed by atoms with van der Waals surface area (Å²) in [6.45, 7) is 2.21. The highest BCUT2D eigenvalue weighted by Crippen LogP contribution is 2.12. The van der Waals surface area contributed by atoms with Crippen molar-refractivity contribution >= 4 is 15.9 Å². The number of unbranched alkanes of at least 4 members (excludes halogenated alkanes) is 2. The molecule has 0 amide bonds. The quantitative estimate of drug-likeness (QED) is 0.636. The van der Waals surface area contributed by atoms with Crippen LogP contribution in [-0.4, -0.2) is 10.9 Å². The van der Waals surface area contributed by atoms with E-state index < -0.39 is 0 Å². The predicted octanol–water partition coefficient (Wildman–Crippen LogP) is 4.14. The van der Waals surface area contributed by atoms with Gasteiger partial charge in [-0.2, -0.15) is 0 Å². The zero-order chi connectivity index (χ0) is 10.8. The van der Waals surface area contributed by atoms with Gasteiger partial charge in [-0.05, 0) is 36.4 Å². The smallest absolute Gasteiger partial charge is 0.115 e. The van der Waals surface area contributed by atoms with Crippen molar-refractivity contribution in [1.29, 1.82) is 0 Å². The van der Waals surface area contributed by atoms with Crippen LogP contribution in [0.2, 0.25) is 0 Å². The lowest BCUT2D eigenvalue weighted by atomic mass is 10.1. The zero-order valence-electron chi connectivity index (χ0n) is 8.96. The molecule has 14 heavy (non-hydrogen) atoms. The summed E-state index contributed by atoms with van der Waals surface area (Å²) in [5.41, 5.74) is 1.32. The molecule has 0 aliphatic heterocycles. The van der Waals surface area contributed by atoms with Gasteiger partial charge >= 0.3 is 0 Å². The third-order valence-corrected chi connectivity index (χ3v) is 2.01. The normalized spacial score (nSPS) is 9.07. The first-order chi connectivity index (χ1) is 6.83. The van der Waals surface area contributed by atoms with Crippen molar-refractivity contribution in [1.82, 2.24) is 0 Å². The first-order valence-corrected chi connectivity index (χ1v) is 6.57. The monoisotopic (exact) mass is 258 g/mol. The molecule has 0 saturated carbocycles. The second-order valence-corrected chi connectivity index (χ2v) is 3.12. The second kappa shape index (κ2) is 9.07. The summed E-state index contributed by atoms with van der Waals surface area (Å²) < 4.78 is 0. The number of aryl methyl sites for hydroxylation is 1. The van der Waals surface area contributed by atoms with Crippen molar-refractivity contribution in [2.24, 2.45) is 0 Å². The largest absolute Gasteiger partial charge is 0.508 e. The molecular weight excluding hydrogens is 240 g/mol. The van der Waals surface area contributed by atoms with Crippen LogP contribution in [0.1, 0.15) is 31.7 Å². The van der Waals surface area contributed by atoms with Crippen LogP contribution in [0, 0.1) is 0 Å². The van der Waals surface area contributed by atoms with Crippen molar-refractivity contribution in [2.75, 3.05) is 5.83 Å². The van der Waals surface area contributed by atoms with Crippen LogP contribution < -0.4 is 0 Å². The van der Waals surface area contributed by atoms with Gasteiger partial charge in [-0.3, -0.25) is 0 Å². The Bertz CT molecular complexity index is 218. The third kappa shape index (κ3) is 6.03. The van der Waals surface area contributed by atoms with Gasteiger partial charge in [0.1, 0.15) is 5.75 Å². The molecule has 0 aromatic heterocycles. The molecular formula is C12H19BrO. The molecule has 1 nitrogen and oxygen atoms in total. The molecule has 0 radical (unpaired) electrons. The maximum atomic E-state index is 9.03. The molecule has 0 atom stereocenters. The fourth-order valence-electron chi connectivity index (χ4n) is 1.24. The molecule has 1 aromatic rings. The minimum atomic E-state index is 0.356. The number of alkyl halides is 1. The van der Waals surface area contributed by atoms with E-state index in [9.17, 15) is 0 Å². The topological polar surface area (TPSA) is 20.2 Å². The van der Waals surface area contributed by atoms with Crippen LogP contribution in [0.5, 0.6) is 5.75 Å². The molecule has 0 aliphatic carbocycles. The Balaban J connectivity index is 0.000000791. The Labute approximate surface area is 95.3 Å². The van der Waals surface area contributed by atoms with Crippen molar-refractivity contribution in [3.05, 3.63) is 29.8 Å². The van der Waals surface area contributed by atoms with Crippen molar-refractivity contribution in [3.8, 4) is 5.75 Å². The highest BCUT2D eigenvalue weighted by Gasteiger charge is 1.92. The Hall–Kier alpha value is -0.500. The molecule has 0 aliphatic rings. The van der Waals surface area contributed by atoms with Gasteiger partial charge in [0, 0.05) is 0 Å². The van der Waals surface area contributed by atoms with Gasteiger partial charge in [0.25, 0.3) is 0 Å². The lowest BCUT2D eigenvalue weighted by molar-refractivity contribution is 0.475. The number of hydrogen-bond acceptors (Lipinski definition) is 1. The molecule has 1 rings (SSSR count). The third-order valence-electron chi connectivity index (χ3n) is 2.01. The summed E-state index contributed by atoms with van der Waals surface area (Å²) in [5.74, 6) is 2.17. The second-order valence-electron chi connectivity index (χ2n) is 3.12. The molecule has 0 unspecified atom stereocenters. The average Bonchev–Trinajstić information content (AvgIpc) is 2.24. The fraction of sp³-hybridized carbons (Fsp3) is 0.500. The maximum absolute atomic E-state index is 9.03. The zero-order valence-corrected chi connectivity index (χ0v) is 10.5. The Morgan fingerprint density at radius 2 is 1.64 bits per heavy atom. The van der Waals surface area contributed by atoms with Gasteiger partial charge in [-0.25, -0.2) is 0 Å². The van der Waals surface area contributed by atoms with E-state index in [0.29, 0.717) is 5.75 Å². The number of hydrogen-bond donors (Lipinski definition) is 1. The van der Waals surface area contributed by atoms with E-state index in [2.05, 4.69) is 22.9 Å². The molecule has 0 fully saturated rings. The molecule has 0 spiro atoms. The molecule has 0 bridgehead atoms. The van der Waals surface area contributed by atoms with Crippen LogP contribution in [0.4, 0.5) is 0 Å². The van der Waals surface area contributed by atoms with Crippen LogP contribution in [0.3, 0.4) is 0 Å². The highest BCUT2D eigenvalue weighted by atomic mass is 79.9. The standard InChI is InChI=1S/C11H16O.CH3Br/c1-2-3-4-5-10-6-8-11(12)9-7-10;1-2/h6-9,12H,2-5H2,1H3;1H3. The fourth-order valence-corrected chi connectivity index (χ4v) is 1.24. The molecule has 1 N–H and O–H groups in total. The minimum Gasteiger partial charge on any atom is -0.508 e. The number of rotatable bonds is 4. The van der Waals surface area contributed by atoms with E-state index >= 15 is 0 Å². The number of phenols is 1. The summed E-state index contributed by atoms with van der Waals surface area (Å²) in [6, 6.07) is 7.48. The van der Waals surface area contributed by atoms with E-state index in [1.165, 1.54) is 24.8 Å². The van der Waals surface area contributed by atoms with Crippen LogP contribution >= 0.6 is 15.9 Å². The van der Waals surface area contributed by atoms with E-state index in [0.717, 1.165) is 6.42 Å². The van der Waals surface area contributed by atoms with Gasteiger partial charge in [-0.15, -0.1) is 0 Å². The van der Waals surface area contributed by atoms with Gasteiger partial charge in [0.05, 0.1) is 0 Å². The van der Waals surface area contributed by atoms with Crippen molar-refractivity contribution in [2.45, 2.75) is 32.6 Å². The highest BCUT2D eigenvalue weighted by molar-refractivity contribution is 9.08. The molecule has 80 valence electrons. The van der Waals surface area contributed by atoms with E-state index in [1.807, 2.05) is 18.0 Å². The lowest BCUT2D eigenvalue weighted by Gasteiger charge is -1.99. The lowest BCUT2D eigenvalue weighted by Crippen LogP contribution is -1.83. The number of benzene rings is 1. The number of halogens is 1. The van der Waals surface area contributed by atoms with Gasteiger partial charge in [0.2, 0.25) is 0 Å². The Morgan fingerprint density at radius 3 is 2.14 bits per heavy atom. The summed E-state index contributed by atoms with van der Waals surface area (Å²) in [6.07, 6.45) is 4.94. The SMILES string of the molecule is CBr.CCCCCc1ccc(O)cc1. The van der Waals surface area contributed by atoms with E-state index in [4.69, 9.17) is 5.11 Å². The van der Waals surface area contributed by atoms with Gasteiger partial charge in [-0.1, -0.05) is 47.8 Å². The van der Waals surface area contributed by atoms with E-state index in [1.54, 1.807) is 12.1 Å². The van der Waals surface area contributed by atoms with Crippen molar-refractivity contribution < 1.29 is 5.11 Å². The predicted molar refractivity (Wildman–Crippen MR) is 66.2 cm³/mol. The van der Waals surface area contributed by atoms with E-state index in [-0.39, 0.29) is 0 Å². The minimum absolute atomic E-state index is 0.356. The van der Waals surface area contributed by atoms with Crippen LogP contribution in [-0.2, 0) is 6.42 Å². The first kappa shape index (κ1) is 13.5. The Kier molecular flexibility index (Phi) is 8.75. The van der Waals surface area contributed by atoms with Crippen molar-refractivity contribution in [3.63, 3.8) is 0 Å². The first-order valence-electron chi connectivity index (χ1n) is 4.98. The average molecular weight is 259 g/mol. The molecule has 2 heteroatoms. The molecule has 1 aromatic carbocycles. The number of aromatic hydroxyl groups is 1. The summed E-state index contributed by atoms with van der Waals surface area (Å²) >= 11 is 2.94. The Morgan fingerprint density at radius 1 is 1.07 bits per heavy atom. The molecule has 0 heterocycles. The van der Waals surface area contributed by atoms with Gasteiger partial charge in [0.15, 0.2) is 0 Å². The number of phenolic OH excluding ortho intramolecular Hbond substituents is 1. The van der Waals surface area contributed by atoms with Crippen LogP contribution in [0.15, 0.2) is 24.3 Å². The van der Waals surface area contributed by atoms with Crippen LogP contribution in [0.25, 0.3) is 0 Å².